The lowest BCUT2D eigenvalue weighted by Crippen LogP contribution is -2.57. The molecule has 0 radical (unpaired) electrons. The van der Waals surface area contributed by atoms with Gasteiger partial charge < -0.3 is 23.5 Å². The number of nitrogens with zero attached hydrogens (tertiary/aromatic N) is 3. The first kappa shape index (κ1) is 16.9. The van der Waals surface area contributed by atoms with E-state index in [0.717, 1.165) is 11.2 Å². The van der Waals surface area contributed by atoms with E-state index in [2.05, 4.69) is 4.98 Å². The Morgan fingerprint density at radius 3 is 2.88 bits per heavy atom. The number of aromatic nitrogens is 2. The van der Waals surface area contributed by atoms with Gasteiger partial charge in [0, 0.05) is 33.7 Å². The molecule has 24 heavy (non-hydrogen) atoms. The van der Waals surface area contributed by atoms with Gasteiger partial charge in [0.25, 0.3) is 5.91 Å². The highest BCUT2D eigenvalue weighted by atomic mass is 16.6. The Balaban J connectivity index is 1.84. The lowest BCUT2D eigenvalue weighted by atomic mass is 10.0. The SMILES string of the molecule is CO[C@H]1[C@H](N(C)C(=O)c2cn3ccc(C)cc3n2)COC[C@H]1OC. The molecule has 0 bridgehead atoms. The van der Waals surface area contributed by atoms with Crippen molar-refractivity contribution in [1.29, 1.82) is 0 Å². The van der Waals surface area contributed by atoms with Crippen molar-refractivity contribution >= 4 is 11.6 Å². The molecule has 3 rings (SSSR count). The third-order valence-corrected chi connectivity index (χ3v) is 4.54. The lowest BCUT2D eigenvalue weighted by Gasteiger charge is -2.40. The van der Waals surface area contributed by atoms with E-state index < -0.39 is 0 Å². The van der Waals surface area contributed by atoms with Crippen LogP contribution in [0.15, 0.2) is 24.5 Å². The molecule has 2 aromatic rings. The van der Waals surface area contributed by atoms with Crippen molar-refractivity contribution in [3.8, 4) is 0 Å². The summed E-state index contributed by atoms with van der Waals surface area (Å²) in [5.74, 6) is -0.163. The summed E-state index contributed by atoms with van der Waals surface area (Å²) in [4.78, 5) is 18.9. The number of carbonyl (C=O) groups is 1. The molecule has 7 heteroatoms. The average Bonchev–Trinajstić information content (AvgIpc) is 3.02. The van der Waals surface area contributed by atoms with Gasteiger partial charge in [0.15, 0.2) is 0 Å². The summed E-state index contributed by atoms with van der Waals surface area (Å²) >= 11 is 0. The van der Waals surface area contributed by atoms with Crippen molar-refractivity contribution < 1.29 is 19.0 Å². The molecule has 3 atom stereocenters. The number of fused-ring (bicyclic) bond motifs is 1. The monoisotopic (exact) mass is 333 g/mol. The summed E-state index contributed by atoms with van der Waals surface area (Å²) in [5, 5.41) is 0. The zero-order valence-electron chi connectivity index (χ0n) is 14.4. The quantitative estimate of drug-likeness (QED) is 0.840. The van der Waals surface area contributed by atoms with Crippen LogP contribution in [0.4, 0.5) is 0 Å². The minimum Gasteiger partial charge on any atom is -0.376 e. The van der Waals surface area contributed by atoms with Gasteiger partial charge in [-0.2, -0.15) is 0 Å². The van der Waals surface area contributed by atoms with Crippen LogP contribution in [0.1, 0.15) is 16.1 Å². The lowest BCUT2D eigenvalue weighted by molar-refractivity contribution is -0.147. The van der Waals surface area contributed by atoms with Crippen molar-refractivity contribution in [3.63, 3.8) is 0 Å². The molecule has 0 N–H and O–H groups in total. The number of likely N-dealkylation sites (N-methyl/N-ethyl adjacent to an activating group) is 1. The van der Waals surface area contributed by atoms with Crippen LogP contribution in [0.2, 0.25) is 0 Å². The number of amides is 1. The van der Waals surface area contributed by atoms with Gasteiger partial charge in [-0.3, -0.25) is 4.79 Å². The molecule has 1 aliphatic heterocycles. The van der Waals surface area contributed by atoms with E-state index in [9.17, 15) is 4.79 Å². The number of methoxy groups -OCH3 is 2. The van der Waals surface area contributed by atoms with Gasteiger partial charge in [-0.15, -0.1) is 0 Å². The number of imidazole rings is 1. The van der Waals surface area contributed by atoms with E-state index in [1.165, 1.54) is 0 Å². The molecule has 0 spiro atoms. The number of ether oxygens (including phenoxy) is 3. The maximum atomic E-state index is 12.9. The fourth-order valence-electron chi connectivity index (χ4n) is 3.10. The van der Waals surface area contributed by atoms with E-state index in [-0.39, 0.29) is 24.2 Å². The zero-order chi connectivity index (χ0) is 17.3. The van der Waals surface area contributed by atoms with Crippen LogP contribution < -0.4 is 0 Å². The Bertz CT molecular complexity index is 730. The minimum absolute atomic E-state index is 0.163. The largest absolute Gasteiger partial charge is 0.376 e. The van der Waals surface area contributed by atoms with Crippen LogP contribution in [-0.2, 0) is 14.2 Å². The Labute approximate surface area is 141 Å². The maximum absolute atomic E-state index is 12.9. The van der Waals surface area contributed by atoms with Crippen molar-refractivity contribution in [2.24, 2.45) is 0 Å². The standard InChI is InChI=1S/C17H23N3O4/c1-11-5-6-20-8-12(18-15(20)7-11)17(21)19(2)13-9-24-10-14(22-3)16(13)23-4/h5-8,13-14,16H,9-10H2,1-4H3/t13-,14-,16+/m1/s1. The third kappa shape index (κ3) is 3.02. The fraction of sp³-hybridized carbons (Fsp3) is 0.529. The smallest absolute Gasteiger partial charge is 0.274 e. The summed E-state index contributed by atoms with van der Waals surface area (Å²) < 4.78 is 18.4. The summed E-state index contributed by atoms with van der Waals surface area (Å²) in [6, 6.07) is 3.69. The van der Waals surface area contributed by atoms with Crippen molar-refractivity contribution in [2.75, 3.05) is 34.5 Å². The number of aryl methyl sites for hydroxylation is 1. The molecule has 7 nitrogen and oxygen atoms in total. The number of carbonyl (C=O) groups excluding carboxylic acids is 1. The molecule has 0 saturated carbocycles. The fourth-order valence-corrected chi connectivity index (χ4v) is 3.10. The number of hydrogen-bond donors (Lipinski definition) is 0. The third-order valence-electron chi connectivity index (χ3n) is 4.54. The van der Waals surface area contributed by atoms with E-state index in [0.29, 0.717) is 18.9 Å². The highest BCUT2D eigenvalue weighted by Gasteiger charge is 2.39. The summed E-state index contributed by atoms with van der Waals surface area (Å²) in [6.45, 7) is 2.87. The minimum atomic E-state index is -0.239. The Kier molecular flexibility index (Phi) is 4.84. The van der Waals surface area contributed by atoms with Crippen LogP contribution in [0, 0.1) is 6.92 Å². The van der Waals surface area contributed by atoms with E-state index in [4.69, 9.17) is 14.2 Å². The predicted octanol–water partition coefficient (Wildman–Crippen LogP) is 1.14. The van der Waals surface area contributed by atoms with Crippen LogP contribution in [-0.4, -0.2) is 72.9 Å². The molecule has 3 heterocycles. The van der Waals surface area contributed by atoms with Gasteiger partial charge in [-0.1, -0.05) is 0 Å². The van der Waals surface area contributed by atoms with E-state index in [1.807, 2.05) is 29.7 Å². The summed E-state index contributed by atoms with van der Waals surface area (Å²) in [5.41, 5.74) is 2.26. The second-order valence-electron chi connectivity index (χ2n) is 6.09. The van der Waals surface area contributed by atoms with Crippen molar-refractivity contribution in [2.45, 2.75) is 25.2 Å². The van der Waals surface area contributed by atoms with Gasteiger partial charge >= 0.3 is 0 Å². The first-order valence-corrected chi connectivity index (χ1v) is 7.91. The van der Waals surface area contributed by atoms with Gasteiger partial charge in [0.05, 0.1) is 19.3 Å². The van der Waals surface area contributed by atoms with Crippen LogP contribution >= 0.6 is 0 Å². The van der Waals surface area contributed by atoms with Crippen molar-refractivity contribution in [1.82, 2.24) is 14.3 Å². The number of pyridine rings is 1. The van der Waals surface area contributed by atoms with Gasteiger partial charge in [0.1, 0.15) is 23.5 Å². The first-order chi connectivity index (χ1) is 11.5. The van der Waals surface area contributed by atoms with Gasteiger partial charge in [0.2, 0.25) is 0 Å². The summed E-state index contributed by atoms with van der Waals surface area (Å²) in [6.07, 6.45) is 3.20. The number of hydrogen-bond acceptors (Lipinski definition) is 5. The van der Waals surface area contributed by atoms with Gasteiger partial charge in [-0.25, -0.2) is 4.98 Å². The zero-order valence-corrected chi connectivity index (χ0v) is 14.4. The molecular weight excluding hydrogens is 310 g/mol. The molecular formula is C17H23N3O4. The number of rotatable bonds is 4. The van der Waals surface area contributed by atoms with Gasteiger partial charge in [-0.05, 0) is 24.6 Å². The van der Waals surface area contributed by atoms with Crippen LogP contribution in [0.3, 0.4) is 0 Å². The Morgan fingerprint density at radius 1 is 1.38 bits per heavy atom. The summed E-state index contributed by atoms with van der Waals surface area (Å²) in [7, 11) is 4.99. The molecule has 0 aromatic carbocycles. The molecule has 0 aliphatic carbocycles. The van der Waals surface area contributed by atoms with Crippen LogP contribution in [0.25, 0.3) is 5.65 Å². The van der Waals surface area contributed by atoms with E-state index in [1.54, 1.807) is 32.4 Å². The molecule has 1 fully saturated rings. The predicted molar refractivity (Wildman–Crippen MR) is 88.2 cm³/mol. The Hall–Kier alpha value is -1.96. The highest BCUT2D eigenvalue weighted by Crippen LogP contribution is 2.20. The van der Waals surface area contributed by atoms with Crippen molar-refractivity contribution in [3.05, 3.63) is 35.8 Å². The normalized spacial score (nSPS) is 24.2. The first-order valence-electron chi connectivity index (χ1n) is 7.91. The average molecular weight is 333 g/mol. The van der Waals surface area contributed by atoms with Crippen LogP contribution in [0.5, 0.6) is 0 Å². The Morgan fingerprint density at radius 2 is 2.17 bits per heavy atom. The molecule has 1 aliphatic rings. The second kappa shape index (κ2) is 6.88. The molecule has 1 amide bonds. The highest BCUT2D eigenvalue weighted by molar-refractivity contribution is 5.93. The topological polar surface area (TPSA) is 65.3 Å². The molecule has 0 unspecified atom stereocenters. The van der Waals surface area contributed by atoms with E-state index >= 15 is 0 Å². The second-order valence-corrected chi connectivity index (χ2v) is 6.09. The molecule has 1 saturated heterocycles. The molecule has 2 aromatic heterocycles. The maximum Gasteiger partial charge on any atom is 0.274 e. The molecule has 130 valence electrons.